The summed E-state index contributed by atoms with van der Waals surface area (Å²) >= 11 is 8.02. The van der Waals surface area contributed by atoms with Gasteiger partial charge in [0, 0.05) is 41.4 Å². The quantitative estimate of drug-likeness (QED) is 0.424. The van der Waals surface area contributed by atoms with Gasteiger partial charge in [-0.05, 0) is 56.5 Å². The zero-order valence-corrected chi connectivity index (χ0v) is 21.6. The van der Waals surface area contributed by atoms with Gasteiger partial charge in [0.15, 0.2) is 9.84 Å². The van der Waals surface area contributed by atoms with E-state index < -0.39 is 9.84 Å². The normalized spacial score (nSPS) is 17.4. The maximum absolute atomic E-state index is 13.7. The minimum Gasteiger partial charge on any atom is -0.372 e. The van der Waals surface area contributed by atoms with Crippen LogP contribution in [-0.2, 0) is 16.4 Å². The van der Waals surface area contributed by atoms with Crippen LogP contribution < -0.4 is 4.90 Å². The van der Waals surface area contributed by atoms with Crippen molar-refractivity contribution in [1.29, 1.82) is 0 Å². The van der Waals surface area contributed by atoms with Crippen molar-refractivity contribution in [1.82, 2.24) is 4.90 Å². The molecule has 1 amide bonds. The summed E-state index contributed by atoms with van der Waals surface area (Å²) < 4.78 is 25.4. The van der Waals surface area contributed by atoms with E-state index in [2.05, 4.69) is 30.9 Å². The van der Waals surface area contributed by atoms with Crippen molar-refractivity contribution in [3.05, 3.63) is 63.5 Å². The number of fused-ring (bicyclic) bond motifs is 1. The molecule has 176 valence electrons. The van der Waals surface area contributed by atoms with Crippen LogP contribution in [0.25, 0.3) is 10.1 Å². The molecule has 1 aliphatic rings. The molecule has 0 spiro atoms. The number of carbonyl (C=O) groups is 1. The smallest absolute Gasteiger partial charge is 0.266 e. The number of hydrogen-bond donors (Lipinski definition) is 0. The SMILES string of the molecule is CCN(CC)c1ccc(CN(C(=O)c2sc3cc(C)ccc3c2Cl)C2CCS(=O)(=O)C2)cc1. The van der Waals surface area contributed by atoms with Crippen molar-refractivity contribution in [3.63, 3.8) is 0 Å². The number of halogens is 1. The van der Waals surface area contributed by atoms with Gasteiger partial charge in [0.2, 0.25) is 0 Å². The predicted molar refractivity (Wildman–Crippen MR) is 139 cm³/mol. The van der Waals surface area contributed by atoms with Crippen LogP contribution in [0.5, 0.6) is 0 Å². The van der Waals surface area contributed by atoms with Crippen LogP contribution in [0.1, 0.15) is 41.1 Å². The van der Waals surface area contributed by atoms with Crippen molar-refractivity contribution in [2.75, 3.05) is 29.5 Å². The number of amides is 1. The number of nitrogens with zero attached hydrogens (tertiary/aromatic N) is 2. The molecule has 1 saturated heterocycles. The molecular weight excluding hydrogens is 476 g/mol. The van der Waals surface area contributed by atoms with Crippen LogP contribution in [0, 0.1) is 6.92 Å². The van der Waals surface area contributed by atoms with Crippen molar-refractivity contribution < 1.29 is 13.2 Å². The molecule has 1 aliphatic heterocycles. The molecule has 2 aromatic carbocycles. The fourth-order valence-electron chi connectivity index (χ4n) is 4.43. The fraction of sp³-hybridized carbons (Fsp3) is 0.400. The minimum absolute atomic E-state index is 0.00209. The van der Waals surface area contributed by atoms with Gasteiger partial charge in [0.25, 0.3) is 5.91 Å². The number of carbonyl (C=O) groups excluding carboxylic acids is 1. The predicted octanol–water partition coefficient (Wildman–Crippen LogP) is 5.54. The molecule has 0 aliphatic carbocycles. The van der Waals surface area contributed by atoms with Gasteiger partial charge in [-0.15, -0.1) is 11.3 Å². The van der Waals surface area contributed by atoms with E-state index in [9.17, 15) is 13.2 Å². The summed E-state index contributed by atoms with van der Waals surface area (Å²) in [5, 5.41) is 1.31. The van der Waals surface area contributed by atoms with Gasteiger partial charge in [-0.1, -0.05) is 35.9 Å². The molecule has 33 heavy (non-hydrogen) atoms. The average molecular weight is 505 g/mol. The van der Waals surface area contributed by atoms with E-state index in [1.54, 1.807) is 4.90 Å². The zero-order chi connectivity index (χ0) is 23.8. The summed E-state index contributed by atoms with van der Waals surface area (Å²) in [5.41, 5.74) is 3.20. The summed E-state index contributed by atoms with van der Waals surface area (Å²) in [7, 11) is -3.14. The first-order chi connectivity index (χ1) is 15.7. The molecule has 2 heterocycles. The van der Waals surface area contributed by atoms with E-state index in [1.807, 2.05) is 37.3 Å². The molecule has 1 atom stereocenters. The van der Waals surface area contributed by atoms with E-state index in [0.29, 0.717) is 22.9 Å². The van der Waals surface area contributed by atoms with Crippen LogP contribution in [0.2, 0.25) is 5.02 Å². The van der Waals surface area contributed by atoms with Crippen LogP contribution in [0.4, 0.5) is 5.69 Å². The average Bonchev–Trinajstić information content (AvgIpc) is 3.32. The third kappa shape index (κ3) is 5.05. The highest BCUT2D eigenvalue weighted by Crippen LogP contribution is 2.37. The van der Waals surface area contributed by atoms with Crippen LogP contribution >= 0.6 is 22.9 Å². The minimum atomic E-state index is -3.14. The van der Waals surface area contributed by atoms with E-state index in [1.165, 1.54) is 11.3 Å². The van der Waals surface area contributed by atoms with Crippen molar-refractivity contribution in [3.8, 4) is 0 Å². The van der Waals surface area contributed by atoms with Crippen LogP contribution in [0.15, 0.2) is 42.5 Å². The van der Waals surface area contributed by atoms with Gasteiger partial charge in [-0.25, -0.2) is 8.42 Å². The summed E-state index contributed by atoms with van der Waals surface area (Å²) in [6.07, 6.45) is 0.452. The number of benzene rings is 2. The maximum atomic E-state index is 13.7. The molecule has 1 aromatic heterocycles. The molecule has 5 nitrogen and oxygen atoms in total. The fourth-order valence-corrected chi connectivity index (χ4v) is 7.72. The molecule has 1 fully saturated rings. The highest BCUT2D eigenvalue weighted by molar-refractivity contribution is 7.91. The van der Waals surface area contributed by atoms with Gasteiger partial charge in [0.05, 0.1) is 16.5 Å². The lowest BCUT2D eigenvalue weighted by atomic mass is 10.1. The topological polar surface area (TPSA) is 57.7 Å². The Labute approximate surface area is 204 Å². The number of thiophene rings is 1. The molecule has 4 rings (SSSR count). The van der Waals surface area contributed by atoms with Crippen molar-refractivity contribution in [2.45, 2.75) is 39.8 Å². The Kier molecular flexibility index (Phi) is 7.03. The first-order valence-corrected chi connectivity index (χ1v) is 14.3. The highest BCUT2D eigenvalue weighted by atomic mass is 35.5. The lowest BCUT2D eigenvalue weighted by molar-refractivity contribution is 0.0686. The first-order valence-electron chi connectivity index (χ1n) is 11.3. The summed E-state index contributed by atoms with van der Waals surface area (Å²) in [6.45, 7) is 8.44. The second kappa shape index (κ2) is 9.65. The Balaban J connectivity index is 1.67. The largest absolute Gasteiger partial charge is 0.372 e. The Morgan fingerprint density at radius 3 is 2.42 bits per heavy atom. The Hall–Kier alpha value is -2.09. The molecule has 0 radical (unpaired) electrons. The zero-order valence-electron chi connectivity index (χ0n) is 19.2. The summed E-state index contributed by atoms with van der Waals surface area (Å²) in [4.78, 5) is 18.2. The summed E-state index contributed by atoms with van der Waals surface area (Å²) in [5.74, 6) is -0.0895. The van der Waals surface area contributed by atoms with E-state index in [0.717, 1.165) is 40.0 Å². The lowest BCUT2D eigenvalue weighted by Gasteiger charge is -2.28. The second-order valence-corrected chi connectivity index (χ2v) is 12.2. The van der Waals surface area contributed by atoms with E-state index >= 15 is 0 Å². The molecule has 0 saturated carbocycles. The maximum Gasteiger partial charge on any atom is 0.266 e. The Bertz CT molecular complexity index is 1260. The number of sulfone groups is 1. The first kappa shape index (κ1) is 24.0. The Morgan fingerprint density at radius 2 is 1.82 bits per heavy atom. The molecule has 1 unspecified atom stereocenters. The van der Waals surface area contributed by atoms with Gasteiger partial charge in [0.1, 0.15) is 4.88 Å². The summed E-state index contributed by atoms with van der Waals surface area (Å²) in [6, 6.07) is 13.8. The van der Waals surface area contributed by atoms with Crippen LogP contribution in [0.3, 0.4) is 0 Å². The van der Waals surface area contributed by atoms with Crippen LogP contribution in [-0.4, -0.2) is 49.9 Å². The second-order valence-electron chi connectivity index (χ2n) is 8.57. The molecule has 0 bridgehead atoms. The van der Waals surface area contributed by atoms with Crippen molar-refractivity contribution >= 4 is 54.5 Å². The Morgan fingerprint density at radius 1 is 1.12 bits per heavy atom. The number of hydrogen-bond acceptors (Lipinski definition) is 5. The van der Waals surface area contributed by atoms with E-state index in [4.69, 9.17) is 11.6 Å². The third-order valence-corrected chi connectivity index (χ3v) is 9.70. The monoisotopic (exact) mass is 504 g/mol. The van der Waals surface area contributed by atoms with Gasteiger partial charge in [-0.3, -0.25) is 4.79 Å². The molecule has 3 aromatic rings. The molecule has 8 heteroatoms. The van der Waals surface area contributed by atoms with Crippen molar-refractivity contribution in [2.24, 2.45) is 0 Å². The standard InChI is InChI=1S/C25H29ClN2O3S2/c1-4-27(5-2)19-9-7-18(8-10-19)15-28(20-12-13-33(30,31)16-20)25(29)24-23(26)21-11-6-17(3)14-22(21)32-24/h6-11,14,20H,4-5,12-13,15-16H2,1-3H3. The number of anilines is 1. The highest BCUT2D eigenvalue weighted by Gasteiger charge is 2.36. The van der Waals surface area contributed by atoms with Gasteiger partial charge < -0.3 is 9.80 Å². The lowest BCUT2D eigenvalue weighted by Crippen LogP contribution is -2.40. The number of rotatable bonds is 7. The van der Waals surface area contributed by atoms with Gasteiger partial charge in [-0.2, -0.15) is 0 Å². The van der Waals surface area contributed by atoms with Gasteiger partial charge >= 0.3 is 0 Å². The number of aryl methyl sites for hydroxylation is 1. The molecule has 0 N–H and O–H groups in total. The molecular formula is C25H29ClN2O3S2. The third-order valence-electron chi connectivity index (χ3n) is 6.31. The van der Waals surface area contributed by atoms with E-state index in [-0.39, 0.29) is 23.5 Å².